The van der Waals surface area contributed by atoms with E-state index in [1.807, 2.05) is 55.5 Å². The number of allylic oxidation sites excluding steroid dienone is 1. The van der Waals surface area contributed by atoms with E-state index in [1.54, 1.807) is 7.11 Å². The van der Waals surface area contributed by atoms with Crippen LogP contribution in [0, 0.1) is 11.8 Å². The summed E-state index contributed by atoms with van der Waals surface area (Å²) in [6, 6.07) is 20.1. The number of ether oxygens (including phenoxy) is 1. The molecule has 1 aromatic heterocycles. The van der Waals surface area contributed by atoms with Crippen molar-refractivity contribution < 1.29 is 14.6 Å². The molecule has 3 aromatic rings. The van der Waals surface area contributed by atoms with Crippen molar-refractivity contribution in [2.24, 2.45) is 11.8 Å². The van der Waals surface area contributed by atoms with E-state index in [4.69, 9.17) is 14.7 Å². The van der Waals surface area contributed by atoms with Crippen molar-refractivity contribution >= 4 is 5.78 Å². The van der Waals surface area contributed by atoms with Crippen molar-refractivity contribution in [3.8, 4) is 17.3 Å². The molecule has 3 atom stereocenters. The molecule has 5 heteroatoms. The van der Waals surface area contributed by atoms with E-state index in [0.717, 1.165) is 41.5 Å². The lowest BCUT2D eigenvalue weighted by Crippen LogP contribution is -2.51. The molecule has 1 saturated carbocycles. The average Bonchev–Trinajstić information content (AvgIpc) is 2.86. The highest BCUT2D eigenvalue weighted by atomic mass is 16.5. The first kappa shape index (κ1) is 20.4. The summed E-state index contributed by atoms with van der Waals surface area (Å²) >= 11 is 0. The Morgan fingerprint density at radius 2 is 1.75 bits per heavy atom. The molecule has 1 fully saturated rings. The highest BCUT2D eigenvalue weighted by molar-refractivity contribution is 5.98. The Hall–Kier alpha value is -3.47. The highest BCUT2D eigenvalue weighted by Crippen LogP contribution is 2.56. The monoisotopic (exact) mass is 426 g/mol. The predicted molar refractivity (Wildman–Crippen MR) is 123 cm³/mol. The van der Waals surface area contributed by atoms with Gasteiger partial charge in [0.05, 0.1) is 19.1 Å². The molecule has 0 bridgehead atoms. The summed E-state index contributed by atoms with van der Waals surface area (Å²) in [5, 5.41) is 9.97. The maximum absolute atomic E-state index is 13.0. The molecule has 0 spiro atoms. The van der Waals surface area contributed by atoms with Crippen LogP contribution in [0.15, 0.2) is 72.5 Å². The first-order valence-corrected chi connectivity index (χ1v) is 11.0. The molecule has 2 aliphatic carbocycles. The van der Waals surface area contributed by atoms with Gasteiger partial charge in [0.15, 0.2) is 11.6 Å². The van der Waals surface area contributed by atoms with E-state index in [9.17, 15) is 9.90 Å². The van der Waals surface area contributed by atoms with E-state index >= 15 is 0 Å². The quantitative estimate of drug-likeness (QED) is 0.469. The van der Waals surface area contributed by atoms with Gasteiger partial charge in [-0.25, -0.2) is 4.98 Å². The molecular formula is C27H26N2O3. The van der Waals surface area contributed by atoms with Crippen LogP contribution >= 0.6 is 0 Å². The number of carbonyl (C=O) groups is 1. The Morgan fingerprint density at radius 3 is 2.41 bits per heavy atom. The minimum Gasteiger partial charge on any atom is -0.515 e. The lowest BCUT2D eigenvalue weighted by Gasteiger charge is -2.50. The zero-order chi connectivity index (χ0) is 22.3. The lowest BCUT2D eigenvalue weighted by molar-refractivity contribution is -0.123. The Balaban J connectivity index is 1.84. The van der Waals surface area contributed by atoms with Crippen LogP contribution in [0.2, 0.25) is 0 Å². The first-order valence-electron chi connectivity index (χ1n) is 11.0. The summed E-state index contributed by atoms with van der Waals surface area (Å²) < 4.78 is 5.75. The topological polar surface area (TPSA) is 72.3 Å². The third-order valence-corrected chi connectivity index (χ3v) is 7.20. The maximum Gasteiger partial charge on any atom is 0.220 e. The SMILES string of the molecule is COc1nc(-c2ccccc2)nc2c1CC[C@H]1[C@H](C)C(=O)/C(=C\O)C[C@]21c1ccccc1. The largest absolute Gasteiger partial charge is 0.515 e. The molecule has 2 aromatic carbocycles. The molecule has 0 unspecified atom stereocenters. The van der Waals surface area contributed by atoms with Crippen molar-refractivity contribution in [3.63, 3.8) is 0 Å². The van der Waals surface area contributed by atoms with Crippen LogP contribution in [0.5, 0.6) is 5.88 Å². The fourth-order valence-electron chi connectivity index (χ4n) is 5.72. The molecule has 1 heterocycles. The average molecular weight is 427 g/mol. The molecule has 0 saturated heterocycles. The zero-order valence-corrected chi connectivity index (χ0v) is 18.3. The van der Waals surface area contributed by atoms with Gasteiger partial charge in [-0.05, 0) is 30.7 Å². The Kier molecular flexibility index (Phi) is 5.04. The second kappa shape index (κ2) is 7.90. The van der Waals surface area contributed by atoms with Crippen LogP contribution in [0.25, 0.3) is 11.4 Å². The summed E-state index contributed by atoms with van der Waals surface area (Å²) in [4.78, 5) is 22.9. The normalized spacial score (nSPS) is 25.8. The molecule has 2 aliphatic rings. The Morgan fingerprint density at radius 1 is 1.06 bits per heavy atom. The van der Waals surface area contributed by atoms with E-state index in [2.05, 4.69) is 12.1 Å². The third-order valence-electron chi connectivity index (χ3n) is 7.20. The van der Waals surface area contributed by atoms with Crippen molar-refractivity contribution in [2.75, 3.05) is 7.11 Å². The van der Waals surface area contributed by atoms with Crippen LogP contribution in [0.3, 0.4) is 0 Å². The van der Waals surface area contributed by atoms with Gasteiger partial charge in [0.25, 0.3) is 0 Å². The second-order valence-corrected chi connectivity index (χ2v) is 8.72. The molecular weight excluding hydrogens is 400 g/mol. The molecule has 1 N–H and O–H groups in total. The van der Waals surface area contributed by atoms with Crippen molar-refractivity contribution in [1.29, 1.82) is 0 Å². The number of Topliss-reactive ketones (excluding diaryl/α,β-unsaturated/α-hetero) is 1. The predicted octanol–water partition coefficient (Wildman–Crippen LogP) is 5.05. The zero-order valence-electron chi connectivity index (χ0n) is 18.3. The van der Waals surface area contributed by atoms with Gasteiger partial charge in [0.2, 0.25) is 5.88 Å². The molecule has 0 amide bonds. The van der Waals surface area contributed by atoms with Crippen molar-refractivity contribution in [3.05, 3.63) is 89.3 Å². The molecule has 32 heavy (non-hydrogen) atoms. The molecule has 162 valence electrons. The summed E-state index contributed by atoms with van der Waals surface area (Å²) in [6.45, 7) is 1.98. The number of rotatable bonds is 3. The minimum absolute atomic E-state index is 0.0248. The summed E-state index contributed by atoms with van der Waals surface area (Å²) in [6.07, 6.45) is 2.98. The van der Waals surface area contributed by atoms with Gasteiger partial charge in [-0.2, -0.15) is 4.98 Å². The summed E-state index contributed by atoms with van der Waals surface area (Å²) in [5.74, 6) is 1.06. The van der Waals surface area contributed by atoms with Crippen molar-refractivity contribution in [1.82, 2.24) is 9.97 Å². The van der Waals surface area contributed by atoms with Crippen molar-refractivity contribution in [2.45, 2.75) is 31.6 Å². The van der Waals surface area contributed by atoms with E-state index in [-0.39, 0.29) is 17.6 Å². The number of ketones is 1. The number of carbonyl (C=O) groups excluding carboxylic acids is 1. The number of hydrogen-bond donors (Lipinski definition) is 1. The van der Waals surface area contributed by atoms with Gasteiger partial charge in [-0.3, -0.25) is 4.79 Å². The fourth-order valence-corrected chi connectivity index (χ4v) is 5.72. The molecule has 0 aliphatic heterocycles. The van der Waals surface area contributed by atoms with Crippen LogP contribution in [0.4, 0.5) is 0 Å². The van der Waals surface area contributed by atoms with Gasteiger partial charge in [-0.15, -0.1) is 0 Å². The van der Waals surface area contributed by atoms with E-state index < -0.39 is 5.41 Å². The minimum atomic E-state index is -0.545. The number of aliphatic hydroxyl groups is 1. The van der Waals surface area contributed by atoms with Gasteiger partial charge >= 0.3 is 0 Å². The fraction of sp³-hybridized carbons (Fsp3) is 0.296. The number of methoxy groups -OCH3 is 1. The Labute approximate surface area is 187 Å². The molecule has 5 nitrogen and oxygen atoms in total. The smallest absolute Gasteiger partial charge is 0.220 e. The van der Waals surface area contributed by atoms with Crippen LogP contribution < -0.4 is 4.74 Å². The third kappa shape index (κ3) is 2.95. The number of hydrogen-bond acceptors (Lipinski definition) is 5. The van der Waals surface area contributed by atoms with Gasteiger partial charge in [0, 0.05) is 28.0 Å². The molecule has 5 rings (SSSR count). The van der Waals surface area contributed by atoms with Crippen LogP contribution in [0.1, 0.15) is 36.6 Å². The summed E-state index contributed by atoms with van der Waals surface area (Å²) in [5.41, 5.74) is 3.82. The van der Waals surface area contributed by atoms with Gasteiger partial charge in [0.1, 0.15) is 0 Å². The Bertz CT molecular complexity index is 1190. The number of aliphatic hydroxyl groups excluding tert-OH is 1. The number of benzene rings is 2. The lowest BCUT2D eigenvalue weighted by atomic mass is 9.52. The molecule has 0 radical (unpaired) electrons. The highest BCUT2D eigenvalue weighted by Gasteiger charge is 2.55. The summed E-state index contributed by atoms with van der Waals surface area (Å²) in [7, 11) is 1.64. The van der Waals surface area contributed by atoms with Gasteiger partial charge < -0.3 is 9.84 Å². The number of fused-ring (bicyclic) bond motifs is 3. The standard InChI is InChI=1S/C27H26N2O3/c1-17-22-14-13-21-24(28-25(29-26(21)32-2)18-9-5-3-6-10-18)27(22,15-19(16-30)23(17)31)20-11-7-4-8-12-20/h3-12,16-17,22,30H,13-15H2,1-2H3/b19-16-/t17-,22-,27+/m0/s1. The van der Waals surface area contributed by atoms with Crippen LogP contribution in [-0.2, 0) is 16.6 Å². The van der Waals surface area contributed by atoms with E-state index in [1.165, 1.54) is 0 Å². The van der Waals surface area contributed by atoms with Crippen LogP contribution in [-0.4, -0.2) is 28.0 Å². The van der Waals surface area contributed by atoms with E-state index in [0.29, 0.717) is 23.7 Å². The first-order chi connectivity index (χ1) is 15.6. The maximum atomic E-state index is 13.0. The number of aromatic nitrogens is 2. The second-order valence-electron chi connectivity index (χ2n) is 8.72. The number of nitrogens with zero attached hydrogens (tertiary/aromatic N) is 2. The van der Waals surface area contributed by atoms with Gasteiger partial charge in [-0.1, -0.05) is 67.6 Å².